The molecule has 86 valence electrons. The third kappa shape index (κ3) is 2.31. The van der Waals surface area contributed by atoms with Crippen LogP contribution < -0.4 is 5.32 Å². The van der Waals surface area contributed by atoms with Gasteiger partial charge in [-0.2, -0.15) is 0 Å². The van der Waals surface area contributed by atoms with Gasteiger partial charge in [0.25, 0.3) is 0 Å². The molecule has 16 heavy (non-hydrogen) atoms. The second-order valence-electron chi connectivity index (χ2n) is 3.59. The molecule has 2 aromatic rings. The van der Waals surface area contributed by atoms with E-state index in [0.29, 0.717) is 0 Å². The van der Waals surface area contributed by atoms with Gasteiger partial charge >= 0.3 is 0 Å². The molecular formula is C11H15N3S2. The number of rotatable bonds is 4. The van der Waals surface area contributed by atoms with Crippen molar-refractivity contribution in [3.63, 3.8) is 0 Å². The smallest absolute Gasteiger partial charge is 0.116 e. The predicted molar refractivity (Wildman–Crippen MR) is 69.2 cm³/mol. The maximum Gasteiger partial charge on any atom is 0.116 e. The number of aromatic nitrogens is 2. The van der Waals surface area contributed by atoms with Gasteiger partial charge in [0.05, 0.1) is 17.2 Å². The molecule has 2 heterocycles. The third-order valence-corrected chi connectivity index (χ3v) is 4.41. The monoisotopic (exact) mass is 253 g/mol. The van der Waals surface area contributed by atoms with Crippen LogP contribution in [0.25, 0.3) is 0 Å². The first-order valence-electron chi connectivity index (χ1n) is 5.28. The summed E-state index contributed by atoms with van der Waals surface area (Å²) in [6.07, 6.45) is 1.92. The van der Waals surface area contributed by atoms with E-state index in [4.69, 9.17) is 0 Å². The zero-order valence-corrected chi connectivity index (χ0v) is 11.3. The molecule has 0 aromatic carbocycles. The highest BCUT2D eigenvalue weighted by Gasteiger charge is 2.18. The number of nitrogens with zero attached hydrogens (tertiary/aromatic N) is 2. The molecule has 0 amide bonds. The molecule has 0 spiro atoms. The summed E-state index contributed by atoms with van der Waals surface area (Å²) in [7, 11) is 0. The first-order valence-corrected chi connectivity index (χ1v) is 6.97. The Labute approximate surface area is 104 Å². The molecule has 0 aliphatic heterocycles. The van der Waals surface area contributed by atoms with E-state index in [1.807, 2.05) is 11.7 Å². The van der Waals surface area contributed by atoms with Crippen LogP contribution in [-0.2, 0) is 0 Å². The Kier molecular flexibility index (Phi) is 3.68. The molecule has 0 saturated carbocycles. The summed E-state index contributed by atoms with van der Waals surface area (Å²) in [6, 6.07) is 0.204. The van der Waals surface area contributed by atoms with Crippen LogP contribution in [0.15, 0.2) is 11.7 Å². The zero-order chi connectivity index (χ0) is 11.5. The van der Waals surface area contributed by atoms with E-state index in [1.165, 1.54) is 9.75 Å². The molecule has 1 atom stereocenters. The maximum atomic E-state index is 4.62. The van der Waals surface area contributed by atoms with Crippen LogP contribution in [0.3, 0.4) is 0 Å². The van der Waals surface area contributed by atoms with E-state index in [2.05, 4.69) is 36.1 Å². The van der Waals surface area contributed by atoms with Crippen molar-refractivity contribution in [1.29, 1.82) is 0 Å². The van der Waals surface area contributed by atoms with E-state index in [-0.39, 0.29) is 6.04 Å². The molecule has 0 saturated heterocycles. The van der Waals surface area contributed by atoms with Gasteiger partial charge in [0.15, 0.2) is 0 Å². The van der Waals surface area contributed by atoms with Crippen LogP contribution in [0.5, 0.6) is 0 Å². The fourth-order valence-electron chi connectivity index (χ4n) is 1.50. The number of hydrogen-bond donors (Lipinski definition) is 1. The number of nitrogens with one attached hydrogen (secondary N) is 1. The van der Waals surface area contributed by atoms with Crippen molar-refractivity contribution in [3.8, 4) is 0 Å². The van der Waals surface area contributed by atoms with Gasteiger partial charge in [-0.3, -0.25) is 4.98 Å². The van der Waals surface area contributed by atoms with E-state index in [1.54, 1.807) is 22.7 Å². The van der Waals surface area contributed by atoms with Crippen LogP contribution in [0, 0.1) is 13.8 Å². The number of hydrogen-bond acceptors (Lipinski definition) is 5. The highest BCUT2D eigenvalue weighted by molar-refractivity contribution is 7.12. The number of aryl methyl sites for hydroxylation is 2. The lowest BCUT2D eigenvalue weighted by molar-refractivity contribution is 0.634. The van der Waals surface area contributed by atoms with Crippen molar-refractivity contribution in [2.45, 2.75) is 26.8 Å². The summed E-state index contributed by atoms with van der Waals surface area (Å²) in [5, 5.41) is 4.60. The molecule has 0 bridgehead atoms. The minimum atomic E-state index is 0.204. The van der Waals surface area contributed by atoms with Crippen molar-refractivity contribution < 1.29 is 0 Å². The molecule has 1 unspecified atom stereocenters. The molecule has 0 aliphatic rings. The summed E-state index contributed by atoms with van der Waals surface area (Å²) in [5.74, 6) is 0. The Morgan fingerprint density at radius 1 is 1.44 bits per heavy atom. The predicted octanol–water partition coefficient (Wildman–Crippen LogP) is 2.92. The molecule has 5 heteroatoms. The van der Waals surface area contributed by atoms with E-state index in [9.17, 15) is 0 Å². The zero-order valence-electron chi connectivity index (χ0n) is 9.65. The summed E-state index contributed by atoms with van der Waals surface area (Å²) in [6.45, 7) is 7.22. The first-order chi connectivity index (χ1) is 7.72. The molecule has 0 radical (unpaired) electrons. The van der Waals surface area contributed by atoms with Gasteiger partial charge in [0, 0.05) is 16.0 Å². The lowest BCUT2D eigenvalue weighted by atomic mass is 10.2. The van der Waals surface area contributed by atoms with Crippen molar-refractivity contribution in [2.75, 3.05) is 6.54 Å². The standard InChI is InChI=1S/C11H15N3S2/c1-4-13-10(9-5-12-6-15-9)11-14-7(2)8(3)16-11/h5-6,10,13H,4H2,1-3H3. The van der Waals surface area contributed by atoms with Crippen molar-refractivity contribution in [3.05, 3.63) is 32.2 Å². The van der Waals surface area contributed by atoms with Gasteiger partial charge in [-0.05, 0) is 20.4 Å². The minimum absolute atomic E-state index is 0.204. The second kappa shape index (κ2) is 5.03. The topological polar surface area (TPSA) is 37.8 Å². The molecule has 1 N–H and O–H groups in total. The van der Waals surface area contributed by atoms with Gasteiger partial charge in [0.2, 0.25) is 0 Å². The Morgan fingerprint density at radius 3 is 2.75 bits per heavy atom. The lowest BCUT2D eigenvalue weighted by Gasteiger charge is -2.12. The maximum absolute atomic E-state index is 4.62. The average Bonchev–Trinajstić information content (AvgIpc) is 2.86. The van der Waals surface area contributed by atoms with Crippen LogP contribution in [0.2, 0.25) is 0 Å². The normalized spacial score (nSPS) is 12.9. The fraction of sp³-hybridized carbons (Fsp3) is 0.455. The van der Waals surface area contributed by atoms with Gasteiger partial charge in [-0.15, -0.1) is 22.7 Å². The second-order valence-corrected chi connectivity index (χ2v) is 5.74. The molecule has 2 aromatic heterocycles. The average molecular weight is 253 g/mol. The van der Waals surface area contributed by atoms with E-state index < -0.39 is 0 Å². The van der Waals surface area contributed by atoms with Crippen molar-refractivity contribution >= 4 is 22.7 Å². The summed E-state index contributed by atoms with van der Waals surface area (Å²) in [5.41, 5.74) is 3.00. The van der Waals surface area contributed by atoms with Gasteiger partial charge in [0.1, 0.15) is 5.01 Å². The highest BCUT2D eigenvalue weighted by atomic mass is 32.1. The molecule has 3 nitrogen and oxygen atoms in total. The van der Waals surface area contributed by atoms with Crippen LogP contribution in [0.4, 0.5) is 0 Å². The summed E-state index contributed by atoms with van der Waals surface area (Å²) in [4.78, 5) is 11.3. The minimum Gasteiger partial charge on any atom is -0.304 e. The molecular weight excluding hydrogens is 238 g/mol. The van der Waals surface area contributed by atoms with Crippen LogP contribution in [-0.4, -0.2) is 16.5 Å². The quantitative estimate of drug-likeness (QED) is 0.910. The SMILES string of the molecule is CCNC(c1cncs1)c1nc(C)c(C)s1. The van der Waals surface area contributed by atoms with Crippen LogP contribution >= 0.6 is 22.7 Å². The van der Waals surface area contributed by atoms with Gasteiger partial charge in [-0.1, -0.05) is 6.92 Å². The number of thiazole rings is 2. The molecule has 0 aliphatic carbocycles. The highest BCUT2D eigenvalue weighted by Crippen LogP contribution is 2.29. The summed E-state index contributed by atoms with van der Waals surface area (Å²) >= 11 is 3.44. The van der Waals surface area contributed by atoms with E-state index in [0.717, 1.165) is 17.2 Å². The fourth-order valence-corrected chi connectivity index (χ4v) is 3.29. The Balaban J connectivity index is 2.32. The molecule has 2 rings (SSSR count). The third-order valence-electron chi connectivity index (χ3n) is 2.44. The van der Waals surface area contributed by atoms with Crippen molar-refractivity contribution in [2.24, 2.45) is 0 Å². The Bertz CT molecular complexity index is 428. The Hall–Kier alpha value is -0.780. The first kappa shape index (κ1) is 11.7. The van der Waals surface area contributed by atoms with E-state index >= 15 is 0 Å². The summed E-state index contributed by atoms with van der Waals surface area (Å²) < 4.78 is 0. The van der Waals surface area contributed by atoms with Crippen LogP contribution in [0.1, 0.15) is 33.4 Å². The van der Waals surface area contributed by atoms with Gasteiger partial charge in [-0.25, -0.2) is 4.98 Å². The lowest BCUT2D eigenvalue weighted by Crippen LogP contribution is -2.20. The Morgan fingerprint density at radius 2 is 2.25 bits per heavy atom. The van der Waals surface area contributed by atoms with Crippen molar-refractivity contribution in [1.82, 2.24) is 15.3 Å². The van der Waals surface area contributed by atoms with Gasteiger partial charge < -0.3 is 5.32 Å². The molecule has 0 fully saturated rings. The largest absolute Gasteiger partial charge is 0.304 e.